The summed E-state index contributed by atoms with van der Waals surface area (Å²) in [6, 6.07) is 1.74. The van der Waals surface area contributed by atoms with Gasteiger partial charge in [0.1, 0.15) is 5.82 Å². The Hall–Kier alpha value is -0.840. The van der Waals surface area contributed by atoms with Gasteiger partial charge in [-0.05, 0) is 17.7 Å². The lowest BCUT2D eigenvalue weighted by atomic mass is 10.1. The van der Waals surface area contributed by atoms with Crippen LogP contribution in [0.25, 0.3) is 0 Å². The van der Waals surface area contributed by atoms with E-state index in [2.05, 4.69) is 0 Å². The smallest absolute Gasteiger partial charge is 0.146 e. The Morgan fingerprint density at radius 1 is 1.54 bits per heavy atom. The highest BCUT2D eigenvalue weighted by Gasteiger charge is 2.12. The van der Waals surface area contributed by atoms with Gasteiger partial charge in [0.05, 0.1) is 18.3 Å². The summed E-state index contributed by atoms with van der Waals surface area (Å²) < 4.78 is 12.9. The Bertz CT molecular complexity index is 319. The highest BCUT2D eigenvalue weighted by atomic mass is 35.5. The summed E-state index contributed by atoms with van der Waals surface area (Å²) in [7, 11) is 0. The molecule has 0 saturated heterocycles. The van der Waals surface area contributed by atoms with E-state index in [1.165, 1.54) is 6.07 Å². The predicted octanol–water partition coefficient (Wildman–Crippen LogP) is 1.05. The molecule has 3 nitrogen and oxygen atoms in total. The molecule has 0 spiro atoms. The van der Waals surface area contributed by atoms with Gasteiger partial charge in [-0.2, -0.15) is 0 Å². The van der Waals surface area contributed by atoms with E-state index in [1.54, 1.807) is 0 Å². The maximum Gasteiger partial charge on any atom is 0.146 e. The minimum Gasteiger partial charge on any atom is -0.396 e. The maximum absolute atomic E-state index is 12.9. The molecule has 1 aromatic carbocycles. The fraction of sp³-hybridized carbons (Fsp3) is 0.250. The quantitative estimate of drug-likeness (QED) is 0.631. The first-order valence-electron chi connectivity index (χ1n) is 3.67. The molecule has 0 aliphatic rings. The molecule has 13 heavy (non-hydrogen) atoms. The molecule has 0 heterocycles. The Balaban J connectivity index is 3.15. The van der Waals surface area contributed by atoms with E-state index in [1.807, 2.05) is 0 Å². The SMILES string of the molecule is Nc1cc(Cl)c([C@H](N)CO)cc1F. The van der Waals surface area contributed by atoms with E-state index in [0.717, 1.165) is 6.07 Å². The van der Waals surface area contributed by atoms with Gasteiger partial charge in [0, 0.05) is 5.02 Å². The molecule has 0 aliphatic heterocycles. The average molecular weight is 205 g/mol. The molecule has 1 aromatic rings. The highest BCUT2D eigenvalue weighted by Crippen LogP contribution is 2.26. The lowest BCUT2D eigenvalue weighted by molar-refractivity contribution is 0.268. The average Bonchev–Trinajstić information content (AvgIpc) is 2.10. The second-order valence-corrected chi connectivity index (χ2v) is 3.09. The second-order valence-electron chi connectivity index (χ2n) is 2.68. The van der Waals surface area contributed by atoms with Crippen molar-refractivity contribution in [1.29, 1.82) is 0 Å². The third kappa shape index (κ3) is 2.09. The molecule has 0 unspecified atom stereocenters. The molecule has 1 atom stereocenters. The van der Waals surface area contributed by atoms with Gasteiger partial charge >= 0.3 is 0 Å². The Kier molecular flexibility index (Phi) is 3.08. The molecule has 0 aliphatic carbocycles. The number of aliphatic hydroxyl groups is 1. The monoisotopic (exact) mass is 204 g/mol. The largest absolute Gasteiger partial charge is 0.396 e. The van der Waals surface area contributed by atoms with Gasteiger partial charge in [-0.25, -0.2) is 4.39 Å². The van der Waals surface area contributed by atoms with E-state index >= 15 is 0 Å². The van der Waals surface area contributed by atoms with Crippen LogP contribution in [0.2, 0.25) is 5.02 Å². The normalized spacial score (nSPS) is 12.9. The number of nitrogens with two attached hydrogens (primary N) is 2. The Morgan fingerprint density at radius 2 is 2.15 bits per heavy atom. The van der Waals surface area contributed by atoms with Gasteiger partial charge in [0.25, 0.3) is 0 Å². The molecule has 1 rings (SSSR count). The minimum atomic E-state index is -0.678. The van der Waals surface area contributed by atoms with Gasteiger partial charge in [-0.1, -0.05) is 11.6 Å². The van der Waals surface area contributed by atoms with E-state index in [-0.39, 0.29) is 17.3 Å². The number of hydrogen-bond donors (Lipinski definition) is 3. The van der Waals surface area contributed by atoms with Crippen LogP contribution in [0.3, 0.4) is 0 Å². The van der Waals surface area contributed by atoms with Gasteiger partial charge < -0.3 is 16.6 Å². The highest BCUT2D eigenvalue weighted by molar-refractivity contribution is 6.31. The summed E-state index contributed by atoms with van der Waals surface area (Å²) in [4.78, 5) is 0. The summed E-state index contributed by atoms with van der Waals surface area (Å²) in [6.45, 7) is -0.289. The van der Waals surface area contributed by atoms with Crippen molar-refractivity contribution in [3.05, 3.63) is 28.5 Å². The van der Waals surface area contributed by atoms with Crippen LogP contribution in [-0.2, 0) is 0 Å². The van der Waals surface area contributed by atoms with E-state index in [4.69, 9.17) is 28.2 Å². The molecule has 0 radical (unpaired) electrons. The number of rotatable bonds is 2. The van der Waals surface area contributed by atoms with Gasteiger partial charge in [0.2, 0.25) is 0 Å². The molecular formula is C8H10ClFN2O. The molecule has 0 bridgehead atoms. The van der Waals surface area contributed by atoms with Gasteiger partial charge in [-0.3, -0.25) is 0 Å². The topological polar surface area (TPSA) is 72.3 Å². The zero-order valence-corrected chi connectivity index (χ0v) is 7.55. The lowest BCUT2D eigenvalue weighted by Gasteiger charge is -2.11. The molecular weight excluding hydrogens is 195 g/mol. The maximum atomic E-state index is 12.9. The van der Waals surface area contributed by atoms with E-state index < -0.39 is 11.9 Å². The van der Waals surface area contributed by atoms with Crippen LogP contribution in [0.15, 0.2) is 12.1 Å². The first-order chi connectivity index (χ1) is 6.06. The number of hydrogen-bond acceptors (Lipinski definition) is 3. The van der Waals surface area contributed by atoms with E-state index in [9.17, 15) is 4.39 Å². The Morgan fingerprint density at radius 3 is 2.69 bits per heavy atom. The van der Waals surface area contributed by atoms with Crippen molar-refractivity contribution in [1.82, 2.24) is 0 Å². The third-order valence-electron chi connectivity index (χ3n) is 1.71. The second kappa shape index (κ2) is 3.91. The predicted molar refractivity (Wildman–Crippen MR) is 49.8 cm³/mol. The van der Waals surface area contributed by atoms with Crippen LogP contribution >= 0.6 is 11.6 Å². The molecule has 0 fully saturated rings. The molecule has 0 amide bonds. The standard InChI is InChI=1S/C8H10ClFN2O/c9-5-2-7(11)6(10)1-4(5)8(12)3-13/h1-2,8,13H,3,11-12H2/t8-/m1/s1. The molecule has 5 N–H and O–H groups in total. The zero-order chi connectivity index (χ0) is 10.0. The molecule has 0 saturated carbocycles. The summed E-state index contributed by atoms with van der Waals surface area (Å²) in [5.74, 6) is -0.580. The van der Waals surface area contributed by atoms with Crippen molar-refractivity contribution in [2.75, 3.05) is 12.3 Å². The Labute approximate surface area is 80.1 Å². The summed E-state index contributed by atoms with van der Waals surface area (Å²) in [6.07, 6.45) is 0. The van der Waals surface area contributed by atoms with Crippen molar-refractivity contribution in [3.8, 4) is 0 Å². The summed E-state index contributed by atoms with van der Waals surface area (Å²) >= 11 is 5.74. The van der Waals surface area contributed by atoms with Crippen molar-refractivity contribution in [3.63, 3.8) is 0 Å². The minimum absolute atomic E-state index is 0.0288. The molecule has 72 valence electrons. The lowest BCUT2D eigenvalue weighted by Crippen LogP contribution is -2.15. The van der Waals surface area contributed by atoms with Crippen molar-refractivity contribution in [2.45, 2.75) is 6.04 Å². The number of halogens is 2. The van der Waals surface area contributed by atoms with Crippen LogP contribution < -0.4 is 11.5 Å². The van der Waals surface area contributed by atoms with Crippen LogP contribution in [0, 0.1) is 5.82 Å². The zero-order valence-electron chi connectivity index (χ0n) is 6.80. The summed E-state index contributed by atoms with van der Waals surface area (Å²) in [5, 5.41) is 9.00. The fourth-order valence-electron chi connectivity index (χ4n) is 0.960. The number of aliphatic hydroxyl groups excluding tert-OH is 1. The summed E-state index contributed by atoms with van der Waals surface area (Å²) in [5.41, 5.74) is 11.1. The van der Waals surface area contributed by atoms with Gasteiger partial charge in [-0.15, -0.1) is 0 Å². The van der Waals surface area contributed by atoms with Crippen LogP contribution in [0.4, 0.5) is 10.1 Å². The van der Waals surface area contributed by atoms with E-state index in [0.29, 0.717) is 5.56 Å². The van der Waals surface area contributed by atoms with Crippen LogP contribution in [0.1, 0.15) is 11.6 Å². The number of nitrogen functional groups attached to an aromatic ring is 1. The molecule has 0 aromatic heterocycles. The third-order valence-corrected chi connectivity index (χ3v) is 2.04. The fourth-order valence-corrected chi connectivity index (χ4v) is 1.27. The van der Waals surface area contributed by atoms with Crippen molar-refractivity contribution in [2.24, 2.45) is 5.73 Å². The number of benzene rings is 1. The number of anilines is 1. The van der Waals surface area contributed by atoms with Gasteiger partial charge in [0.15, 0.2) is 0 Å². The molecule has 5 heteroatoms. The van der Waals surface area contributed by atoms with Crippen LogP contribution in [-0.4, -0.2) is 11.7 Å². The van der Waals surface area contributed by atoms with Crippen LogP contribution in [0.5, 0.6) is 0 Å². The first kappa shape index (κ1) is 10.2. The first-order valence-corrected chi connectivity index (χ1v) is 4.05. The van der Waals surface area contributed by atoms with Crippen molar-refractivity contribution < 1.29 is 9.50 Å². The van der Waals surface area contributed by atoms with Crippen molar-refractivity contribution >= 4 is 17.3 Å².